The molecule has 2 unspecified atom stereocenters. The highest BCUT2D eigenvalue weighted by Crippen LogP contribution is 2.31. The lowest BCUT2D eigenvalue weighted by molar-refractivity contribution is -0.159. The lowest BCUT2D eigenvalue weighted by Gasteiger charge is -2.22. The smallest absolute Gasteiger partial charge is 0.338 e. The Morgan fingerprint density at radius 1 is 0.929 bits per heavy atom. The molecule has 6 nitrogen and oxygen atoms in total. The molecule has 1 aliphatic rings. The number of rotatable bonds is 9. The zero-order valence-electron chi connectivity index (χ0n) is 16.2. The van der Waals surface area contributed by atoms with Crippen molar-refractivity contribution in [1.82, 2.24) is 0 Å². The summed E-state index contributed by atoms with van der Waals surface area (Å²) in [5.74, 6) is -0.509. The highest BCUT2D eigenvalue weighted by atomic mass is 16.7. The molecule has 1 saturated heterocycles. The fourth-order valence-corrected chi connectivity index (χ4v) is 3.31. The quantitative estimate of drug-likeness (QED) is 0.617. The van der Waals surface area contributed by atoms with Crippen LogP contribution in [0.25, 0.3) is 0 Å². The van der Waals surface area contributed by atoms with Gasteiger partial charge >= 0.3 is 5.97 Å². The number of hydrogen-bond acceptors (Lipinski definition) is 6. The van der Waals surface area contributed by atoms with Crippen molar-refractivity contribution in [2.75, 3.05) is 27.4 Å². The van der Waals surface area contributed by atoms with E-state index in [1.165, 1.54) is 0 Å². The standard InChI is InChI=1S/C22H26O6/c1-24-20-18(14-26-13-16-9-5-3-6-10-16)19(28-22(20)25-2)15-27-21(23)17-11-7-4-8-12-17/h3-12,18-20,22H,13-15H2,1-2H3/t18?,19-,20?,22-/m1/s1. The molecular weight excluding hydrogens is 360 g/mol. The minimum absolute atomic E-state index is 0.104. The van der Waals surface area contributed by atoms with Crippen LogP contribution in [-0.4, -0.2) is 51.9 Å². The normalized spacial score (nSPS) is 24.2. The van der Waals surface area contributed by atoms with E-state index in [4.69, 9.17) is 23.7 Å². The average Bonchev–Trinajstić information content (AvgIpc) is 3.10. The zero-order valence-corrected chi connectivity index (χ0v) is 16.2. The van der Waals surface area contributed by atoms with Crippen molar-refractivity contribution in [3.05, 3.63) is 71.8 Å². The van der Waals surface area contributed by atoms with E-state index >= 15 is 0 Å². The Balaban J connectivity index is 1.59. The molecule has 1 fully saturated rings. The van der Waals surface area contributed by atoms with Crippen molar-refractivity contribution in [3.63, 3.8) is 0 Å². The third-order valence-electron chi connectivity index (χ3n) is 4.79. The van der Waals surface area contributed by atoms with Gasteiger partial charge in [0.25, 0.3) is 0 Å². The van der Waals surface area contributed by atoms with Gasteiger partial charge in [0.15, 0.2) is 6.29 Å². The van der Waals surface area contributed by atoms with Crippen LogP contribution in [0.3, 0.4) is 0 Å². The van der Waals surface area contributed by atoms with E-state index in [9.17, 15) is 4.79 Å². The average molecular weight is 386 g/mol. The summed E-state index contributed by atoms with van der Waals surface area (Å²) in [4.78, 5) is 12.2. The van der Waals surface area contributed by atoms with Gasteiger partial charge in [-0.3, -0.25) is 0 Å². The number of hydrogen-bond donors (Lipinski definition) is 0. The highest BCUT2D eigenvalue weighted by molar-refractivity contribution is 5.89. The van der Waals surface area contributed by atoms with E-state index < -0.39 is 6.29 Å². The lowest BCUT2D eigenvalue weighted by atomic mass is 9.99. The second-order valence-corrected chi connectivity index (χ2v) is 6.61. The molecule has 0 bridgehead atoms. The largest absolute Gasteiger partial charge is 0.459 e. The zero-order chi connectivity index (χ0) is 19.8. The molecule has 0 aromatic heterocycles. The van der Waals surface area contributed by atoms with Gasteiger partial charge in [-0.25, -0.2) is 4.79 Å². The lowest BCUT2D eigenvalue weighted by Crippen LogP contribution is -2.35. The summed E-state index contributed by atoms with van der Waals surface area (Å²) in [5, 5.41) is 0. The first-order valence-corrected chi connectivity index (χ1v) is 9.27. The Hall–Kier alpha value is -2.25. The van der Waals surface area contributed by atoms with E-state index in [-0.39, 0.29) is 30.7 Å². The van der Waals surface area contributed by atoms with Crippen molar-refractivity contribution in [2.24, 2.45) is 5.92 Å². The Morgan fingerprint density at radius 3 is 2.25 bits per heavy atom. The van der Waals surface area contributed by atoms with Crippen molar-refractivity contribution in [1.29, 1.82) is 0 Å². The molecule has 150 valence electrons. The molecular formula is C22H26O6. The Bertz CT molecular complexity index is 720. The fraction of sp³-hybridized carbons (Fsp3) is 0.409. The van der Waals surface area contributed by atoms with E-state index in [0.29, 0.717) is 18.8 Å². The van der Waals surface area contributed by atoms with Crippen LogP contribution in [0.4, 0.5) is 0 Å². The van der Waals surface area contributed by atoms with Crippen molar-refractivity contribution in [2.45, 2.75) is 25.1 Å². The van der Waals surface area contributed by atoms with E-state index in [1.807, 2.05) is 36.4 Å². The molecule has 0 saturated carbocycles. The molecule has 2 aromatic carbocycles. The van der Waals surface area contributed by atoms with Gasteiger partial charge in [-0.15, -0.1) is 0 Å². The van der Waals surface area contributed by atoms with Crippen LogP contribution in [0.2, 0.25) is 0 Å². The highest BCUT2D eigenvalue weighted by Gasteiger charge is 2.45. The van der Waals surface area contributed by atoms with Crippen LogP contribution in [0.1, 0.15) is 15.9 Å². The summed E-state index contributed by atoms with van der Waals surface area (Å²) in [6.07, 6.45) is -1.21. The van der Waals surface area contributed by atoms with Gasteiger partial charge in [0.05, 0.1) is 18.8 Å². The van der Waals surface area contributed by atoms with Crippen molar-refractivity contribution in [3.8, 4) is 0 Å². The molecule has 0 N–H and O–H groups in total. The Labute approximate surface area is 165 Å². The van der Waals surface area contributed by atoms with Gasteiger partial charge in [0.1, 0.15) is 18.8 Å². The summed E-state index contributed by atoms with van der Waals surface area (Å²) in [6.45, 7) is 0.996. The second kappa shape index (κ2) is 10.3. The van der Waals surface area contributed by atoms with Gasteiger partial charge in [-0.1, -0.05) is 48.5 Å². The molecule has 0 aliphatic carbocycles. The second-order valence-electron chi connectivity index (χ2n) is 6.61. The van der Waals surface area contributed by atoms with E-state index in [2.05, 4.69) is 0 Å². The molecule has 1 aliphatic heterocycles. The van der Waals surface area contributed by atoms with Crippen molar-refractivity contribution >= 4 is 5.97 Å². The molecule has 28 heavy (non-hydrogen) atoms. The molecule has 2 aromatic rings. The van der Waals surface area contributed by atoms with Gasteiger partial charge in [-0.2, -0.15) is 0 Å². The summed E-state index contributed by atoms with van der Waals surface area (Å²) in [5.41, 5.74) is 1.59. The molecule has 0 spiro atoms. The maximum atomic E-state index is 12.2. The molecule has 3 rings (SSSR count). The molecule has 0 amide bonds. The summed E-state index contributed by atoms with van der Waals surface area (Å²) < 4.78 is 28.2. The molecule has 1 heterocycles. The third-order valence-corrected chi connectivity index (χ3v) is 4.79. The van der Waals surface area contributed by atoms with Crippen LogP contribution < -0.4 is 0 Å². The predicted molar refractivity (Wildman–Crippen MR) is 103 cm³/mol. The topological polar surface area (TPSA) is 63.2 Å². The number of benzene rings is 2. The minimum atomic E-state index is -0.532. The van der Waals surface area contributed by atoms with Crippen LogP contribution >= 0.6 is 0 Å². The van der Waals surface area contributed by atoms with Crippen LogP contribution in [-0.2, 0) is 30.3 Å². The monoisotopic (exact) mass is 386 g/mol. The SMILES string of the molecule is COC1C(COCc2ccccc2)[C@@H](COC(=O)c2ccccc2)O[C@H]1OC. The number of esters is 1. The first kappa shape index (κ1) is 20.5. The fourth-order valence-electron chi connectivity index (χ4n) is 3.31. The van der Waals surface area contributed by atoms with Gasteiger partial charge < -0.3 is 23.7 Å². The van der Waals surface area contributed by atoms with E-state index in [0.717, 1.165) is 5.56 Å². The molecule has 0 radical (unpaired) electrons. The van der Waals surface area contributed by atoms with Gasteiger partial charge in [0, 0.05) is 20.1 Å². The summed E-state index contributed by atoms with van der Waals surface area (Å²) in [7, 11) is 3.18. The van der Waals surface area contributed by atoms with Gasteiger partial charge in [0.2, 0.25) is 0 Å². The minimum Gasteiger partial charge on any atom is -0.459 e. The van der Waals surface area contributed by atoms with E-state index in [1.54, 1.807) is 38.5 Å². The Kier molecular flexibility index (Phi) is 7.56. The maximum absolute atomic E-state index is 12.2. The van der Waals surface area contributed by atoms with Crippen LogP contribution in [0.5, 0.6) is 0 Å². The third kappa shape index (κ3) is 5.17. The maximum Gasteiger partial charge on any atom is 0.338 e. The number of methoxy groups -OCH3 is 2. The summed E-state index contributed by atoms with van der Waals surface area (Å²) in [6, 6.07) is 18.8. The first-order chi connectivity index (χ1) is 13.7. The Morgan fingerprint density at radius 2 is 1.61 bits per heavy atom. The van der Waals surface area contributed by atoms with Crippen LogP contribution in [0.15, 0.2) is 60.7 Å². The predicted octanol–water partition coefficient (Wildman–Crippen LogP) is 3.06. The number of carbonyl (C=O) groups is 1. The first-order valence-electron chi connectivity index (χ1n) is 9.27. The van der Waals surface area contributed by atoms with Gasteiger partial charge in [-0.05, 0) is 17.7 Å². The van der Waals surface area contributed by atoms with Crippen LogP contribution in [0, 0.1) is 5.92 Å². The molecule has 6 heteroatoms. The number of carbonyl (C=O) groups excluding carboxylic acids is 1. The van der Waals surface area contributed by atoms with Crippen molar-refractivity contribution < 1.29 is 28.5 Å². The summed E-state index contributed by atoms with van der Waals surface area (Å²) >= 11 is 0. The number of ether oxygens (including phenoxy) is 5. The molecule has 4 atom stereocenters.